The molecule has 3 aromatic rings. The fourth-order valence-electron chi connectivity index (χ4n) is 2.12. The maximum Gasteiger partial charge on any atom is 0.130 e. The van der Waals surface area contributed by atoms with Gasteiger partial charge in [-0.2, -0.15) is 0 Å². The van der Waals surface area contributed by atoms with Gasteiger partial charge in [0.05, 0.1) is 0 Å². The molecule has 1 aromatic heterocycles. The molecule has 4 heteroatoms. The monoisotopic (exact) mass is 359 g/mol. The lowest BCUT2D eigenvalue weighted by atomic mass is 10.0. The zero-order valence-electron chi connectivity index (χ0n) is 13.7. The first-order valence-corrected chi connectivity index (χ1v) is 8.57. The van der Waals surface area contributed by atoms with E-state index in [-0.39, 0.29) is 0 Å². The molecule has 0 aliphatic rings. The average Bonchev–Trinajstić information content (AvgIpc) is 2.62. The van der Waals surface area contributed by atoms with Gasteiger partial charge in [-0.25, -0.2) is 0 Å². The summed E-state index contributed by atoms with van der Waals surface area (Å²) in [7, 11) is 0. The maximum absolute atomic E-state index is 6.20. The molecule has 0 bridgehead atoms. The van der Waals surface area contributed by atoms with Crippen molar-refractivity contribution in [2.75, 3.05) is 0 Å². The van der Waals surface area contributed by atoms with Crippen molar-refractivity contribution < 1.29 is 4.74 Å². The summed E-state index contributed by atoms with van der Waals surface area (Å²) in [5, 5.41) is 1.42. The fourth-order valence-corrected chi connectivity index (χ4v) is 2.50. The van der Waals surface area contributed by atoms with Gasteiger partial charge in [0.2, 0.25) is 0 Å². The van der Waals surface area contributed by atoms with Crippen molar-refractivity contribution in [3.8, 4) is 11.5 Å². The average molecular weight is 360 g/mol. The van der Waals surface area contributed by atoms with Crippen molar-refractivity contribution in [2.45, 2.75) is 20.3 Å². The molecule has 124 valence electrons. The van der Waals surface area contributed by atoms with Crippen LogP contribution in [0, 0.1) is 0 Å². The van der Waals surface area contributed by atoms with Crippen molar-refractivity contribution in [3.63, 3.8) is 0 Å². The van der Waals surface area contributed by atoms with Crippen LogP contribution in [0.3, 0.4) is 0 Å². The van der Waals surface area contributed by atoms with Gasteiger partial charge in [-0.05, 0) is 60.0 Å². The third-order valence-corrected chi connectivity index (χ3v) is 3.81. The Bertz CT molecular complexity index is 758. The van der Waals surface area contributed by atoms with Crippen LogP contribution in [0.25, 0.3) is 0 Å². The molecule has 0 aliphatic carbocycles. The second kappa shape index (κ2) is 9.31. The summed E-state index contributed by atoms with van der Waals surface area (Å²) in [5.41, 5.74) is 2.16. The van der Waals surface area contributed by atoms with E-state index in [1.165, 1.54) is 0 Å². The molecule has 1 heterocycles. The minimum atomic E-state index is 0.692. The van der Waals surface area contributed by atoms with Gasteiger partial charge in [-0.1, -0.05) is 49.2 Å². The number of ether oxygens (including phenoxy) is 1. The Morgan fingerprint density at radius 3 is 2.12 bits per heavy atom. The number of hydrogen-bond donors (Lipinski definition) is 0. The van der Waals surface area contributed by atoms with E-state index in [1.807, 2.05) is 62.4 Å². The van der Waals surface area contributed by atoms with E-state index in [4.69, 9.17) is 27.9 Å². The van der Waals surface area contributed by atoms with Crippen LogP contribution in [0.4, 0.5) is 0 Å². The second-order valence-electron chi connectivity index (χ2n) is 4.84. The number of pyridine rings is 1. The van der Waals surface area contributed by atoms with E-state index in [0.717, 1.165) is 34.1 Å². The SMILES string of the molecule is CC.Clc1ccc(Cl)c(Cc2ccc(Oc3ccncc3)cc2)c1. The molecule has 2 aromatic carbocycles. The number of rotatable bonds is 4. The van der Waals surface area contributed by atoms with Crippen LogP contribution in [-0.2, 0) is 6.42 Å². The van der Waals surface area contributed by atoms with Crippen LogP contribution < -0.4 is 4.74 Å². The van der Waals surface area contributed by atoms with Crippen LogP contribution in [0.5, 0.6) is 11.5 Å². The van der Waals surface area contributed by atoms with Gasteiger partial charge in [0.25, 0.3) is 0 Å². The second-order valence-corrected chi connectivity index (χ2v) is 5.69. The first kappa shape index (κ1) is 18.3. The van der Waals surface area contributed by atoms with Gasteiger partial charge in [0, 0.05) is 22.4 Å². The van der Waals surface area contributed by atoms with Crippen molar-refractivity contribution >= 4 is 23.2 Å². The van der Waals surface area contributed by atoms with Crippen molar-refractivity contribution in [3.05, 3.63) is 88.2 Å². The van der Waals surface area contributed by atoms with Gasteiger partial charge in [0.15, 0.2) is 0 Å². The fraction of sp³-hybridized carbons (Fsp3) is 0.150. The number of hydrogen-bond acceptors (Lipinski definition) is 2. The lowest BCUT2D eigenvalue weighted by Crippen LogP contribution is -1.90. The highest BCUT2D eigenvalue weighted by atomic mass is 35.5. The van der Waals surface area contributed by atoms with Gasteiger partial charge >= 0.3 is 0 Å². The molecule has 0 unspecified atom stereocenters. The number of nitrogens with zero attached hydrogens (tertiary/aromatic N) is 1. The highest BCUT2D eigenvalue weighted by Crippen LogP contribution is 2.25. The van der Waals surface area contributed by atoms with Gasteiger partial charge < -0.3 is 4.74 Å². The van der Waals surface area contributed by atoms with Gasteiger partial charge in [0.1, 0.15) is 11.5 Å². The summed E-state index contributed by atoms with van der Waals surface area (Å²) in [5.74, 6) is 1.55. The number of benzene rings is 2. The molecule has 2 nitrogen and oxygen atoms in total. The molecule has 0 N–H and O–H groups in total. The van der Waals surface area contributed by atoms with Gasteiger partial charge in [-0.15, -0.1) is 0 Å². The van der Waals surface area contributed by atoms with Crippen LogP contribution in [0.15, 0.2) is 67.0 Å². The topological polar surface area (TPSA) is 22.1 Å². The molecule has 24 heavy (non-hydrogen) atoms. The van der Waals surface area contributed by atoms with E-state index < -0.39 is 0 Å². The van der Waals surface area contributed by atoms with Crippen molar-refractivity contribution in [1.29, 1.82) is 0 Å². The Balaban J connectivity index is 0.00000100. The number of aromatic nitrogens is 1. The molecule has 0 spiro atoms. The zero-order chi connectivity index (χ0) is 17.4. The molecule has 0 amide bonds. The Morgan fingerprint density at radius 2 is 1.46 bits per heavy atom. The van der Waals surface area contributed by atoms with Crippen molar-refractivity contribution in [2.24, 2.45) is 0 Å². The summed E-state index contributed by atoms with van der Waals surface area (Å²) in [6.07, 6.45) is 4.13. The molecule has 0 aliphatic heterocycles. The molecular formula is C20H19Cl2NO. The Morgan fingerprint density at radius 1 is 0.833 bits per heavy atom. The first-order valence-electron chi connectivity index (χ1n) is 7.81. The minimum absolute atomic E-state index is 0.692. The van der Waals surface area contributed by atoms with E-state index in [0.29, 0.717) is 5.02 Å². The lowest BCUT2D eigenvalue weighted by Gasteiger charge is -2.08. The largest absolute Gasteiger partial charge is 0.457 e. The predicted octanol–water partition coefficient (Wildman–Crippen LogP) is 6.80. The van der Waals surface area contributed by atoms with Crippen LogP contribution >= 0.6 is 23.2 Å². The molecule has 0 atom stereocenters. The summed E-state index contributed by atoms with van der Waals surface area (Å²) in [6.45, 7) is 4.00. The molecule has 3 rings (SSSR count). The highest BCUT2D eigenvalue weighted by molar-refractivity contribution is 6.33. The molecule has 0 saturated heterocycles. The summed E-state index contributed by atoms with van der Waals surface area (Å²) >= 11 is 12.2. The summed E-state index contributed by atoms with van der Waals surface area (Å²) in [6, 6.07) is 17.1. The van der Waals surface area contributed by atoms with Crippen LogP contribution in [-0.4, -0.2) is 4.98 Å². The third kappa shape index (κ3) is 5.26. The quantitative estimate of drug-likeness (QED) is 0.510. The zero-order valence-corrected chi connectivity index (χ0v) is 15.2. The van der Waals surface area contributed by atoms with E-state index in [1.54, 1.807) is 18.5 Å². The maximum atomic E-state index is 6.20. The predicted molar refractivity (Wildman–Crippen MR) is 101 cm³/mol. The lowest BCUT2D eigenvalue weighted by molar-refractivity contribution is 0.482. The number of halogens is 2. The normalized spacial score (nSPS) is 9.83. The Kier molecular flexibility index (Phi) is 7.10. The van der Waals surface area contributed by atoms with E-state index in [2.05, 4.69) is 4.98 Å². The van der Waals surface area contributed by atoms with Crippen LogP contribution in [0.1, 0.15) is 25.0 Å². The third-order valence-electron chi connectivity index (χ3n) is 3.21. The summed E-state index contributed by atoms with van der Waals surface area (Å²) in [4.78, 5) is 3.96. The standard InChI is InChI=1S/C18H13Cl2NO.C2H6/c19-15-3-6-18(20)14(12-15)11-13-1-4-16(5-2-13)22-17-7-9-21-10-8-17;1-2/h1-10,12H,11H2;1-2H3. The molecule has 0 radical (unpaired) electrons. The van der Waals surface area contributed by atoms with Crippen molar-refractivity contribution in [1.82, 2.24) is 4.98 Å². The molecular weight excluding hydrogens is 341 g/mol. The Labute approximate surface area is 153 Å². The minimum Gasteiger partial charge on any atom is -0.457 e. The first-order chi connectivity index (χ1) is 11.7. The Hall–Kier alpha value is -2.03. The summed E-state index contributed by atoms with van der Waals surface area (Å²) < 4.78 is 5.74. The molecule has 0 saturated carbocycles. The smallest absolute Gasteiger partial charge is 0.130 e. The van der Waals surface area contributed by atoms with E-state index in [9.17, 15) is 0 Å². The molecule has 0 fully saturated rings. The highest BCUT2D eigenvalue weighted by Gasteiger charge is 2.04. The van der Waals surface area contributed by atoms with Gasteiger partial charge in [-0.3, -0.25) is 4.98 Å². The van der Waals surface area contributed by atoms with Crippen LogP contribution in [0.2, 0.25) is 10.0 Å². The van der Waals surface area contributed by atoms with E-state index >= 15 is 0 Å².